The largest absolute Gasteiger partial charge is 0.508 e. The molecule has 0 amide bonds. The highest BCUT2D eigenvalue weighted by Gasteiger charge is 2.58. The smallest absolute Gasteiger partial charge is 0.333 e. The first-order valence-electron chi connectivity index (χ1n) is 18.0. The van der Waals surface area contributed by atoms with Crippen molar-refractivity contribution in [3.05, 3.63) is 68.9 Å². The topological polar surface area (TPSA) is 164 Å². The molecule has 1 spiro atoms. The number of hydrogen-bond acceptors (Lipinski definition) is 13. The molecule has 13 nitrogen and oxygen atoms in total. The first kappa shape index (κ1) is 33.0. The van der Waals surface area contributed by atoms with Crippen LogP contribution in [-0.2, 0) is 32.7 Å². The molecule has 9 heterocycles. The van der Waals surface area contributed by atoms with Crippen molar-refractivity contribution < 1.29 is 43.5 Å². The summed E-state index contributed by atoms with van der Waals surface area (Å²) in [5, 5.41) is 30.2. The van der Waals surface area contributed by atoms with E-state index < -0.39 is 28.8 Å². The average Bonchev–Trinajstić information content (AvgIpc) is 3.69. The fourth-order valence-electron chi connectivity index (χ4n) is 10.1. The molecule has 1 aromatic heterocycles. The van der Waals surface area contributed by atoms with Crippen LogP contribution in [-0.4, -0.2) is 83.5 Å². The van der Waals surface area contributed by atoms with Gasteiger partial charge in [-0.15, -0.1) is 11.8 Å². The number of nitrogens with one attached hydrogen (secondary N) is 3. The van der Waals surface area contributed by atoms with Crippen LogP contribution in [0.2, 0.25) is 0 Å². The van der Waals surface area contributed by atoms with Gasteiger partial charge in [0.25, 0.3) is 0 Å². The number of benzene rings is 3. The van der Waals surface area contributed by atoms with Crippen LogP contribution < -0.4 is 29.6 Å². The van der Waals surface area contributed by atoms with Gasteiger partial charge in [0.1, 0.15) is 18.1 Å². The zero-order valence-corrected chi connectivity index (χ0v) is 30.6. The van der Waals surface area contributed by atoms with E-state index in [4.69, 9.17) is 23.7 Å². The number of fused-ring (bicyclic) bond motifs is 8. The molecule has 4 aromatic rings. The number of hydrogen-bond donors (Lipinski definition) is 5. The van der Waals surface area contributed by atoms with Crippen LogP contribution in [0.5, 0.6) is 34.5 Å². The highest BCUT2D eigenvalue weighted by Crippen LogP contribution is 2.63. The number of methoxy groups -OCH3 is 1. The second kappa shape index (κ2) is 11.7. The van der Waals surface area contributed by atoms with E-state index in [1.807, 2.05) is 19.9 Å². The third-order valence-electron chi connectivity index (χ3n) is 12.1. The summed E-state index contributed by atoms with van der Waals surface area (Å²) < 4.78 is 30.7. The lowest BCUT2D eigenvalue weighted by Gasteiger charge is -2.56. The average molecular weight is 741 g/mol. The Morgan fingerprint density at radius 2 is 1.91 bits per heavy atom. The van der Waals surface area contributed by atoms with Crippen LogP contribution in [0.4, 0.5) is 0 Å². The molecule has 5 N–H and O–H groups in total. The van der Waals surface area contributed by atoms with Gasteiger partial charge in [-0.1, -0.05) is 6.07 Å². The summed E-state index contributed by atoms with van der Waals surface area (Å²) >= 11 is 1.60. The molecule has 14 heteroatoms. The Kier molecular flexibility index (Phi) is 7.27. The van der Waals surface area contributed by atoms with E-state index in [0.29, 0.717) is 54.5 Å². The number of rotatable bonds is 2. The molecule has 276 valence electrons. The number of ether oxygens (including phenoxy) is 5. The van der Waals surface area contributed by atoms with Crippen LogP contribution in [0.1, 0.15) is 68.9 Å². The molecule has 0 saturated carbocycles. The number of aromatic nitrogens is 1. The first-order chi connectivity index (χ1) is 25.6. The number of carbonyl (C=O) groups is 2. The zero-order chi connectivity index (χ0) is 36.5. The van der Waals surface area contributed by atoms with Crippen molar-refractivity contribution in [3.8, 4) is 34.5 Å². The number of nitrogens with zero attached hydrogens (tertiary/aromatic N) is 1. The maximum atomic E-state index is 14.8. The van der Waals surface area contributed by atoms with Gasteiger partial charge < -0.3 is 44.2 Å². The Morgan fingerprint density at radius 3 is 2.72 bits per heavy atom. The Balaban J connectivity index is 1.22. The van der Waals surface area contributed by atoms with Gasteiger partial charge in [-0.2, -0.15) is 0 Å². The Hall–Kier alpha value is -4.63. The van der Waals surface area contributed by atoms with Crippen molar-refractivity contribution in [2.45, 2.75) is 68.6 Å². The summed E-state index contributed by atoms with van der Waals surface area (Å²) in [4.78, 5) is 33.6. The molecule has 53 heavy (non-hydrogen) atoms. The molecule has 0 radical (unpaired) electrons. The minimum atomic E-state index is -1.25. The van der Waals surface area contributed by atoms with Crippen LogP contribution in [0, 0.1) is 13.8 Å². The van der Waals surface area contributed by atoms with Crippen LogP contribution in [0.15, 0.2) is 24.3 Å². The number of piperazine rings is 1. The maximum absolute atomic E-state index is 14.8. The lowest BCUT2D eigenvalue weighted by molar-refractivity contribution is -0.155. The summed E-state index contributed by atoms with van der Waals surface area (Å²) in [6, 6.07) is 6.11. The lowest BCUT2D eigenvalue weighted by Crippen LogP contribution is -2.64. The lowest BCUT2D eigenvalue weighted by atomic mass is 9.79. The van der Waals surface area contributed by atoms with Crippen LogP contribution >= 0.6 is 11.8 Å². The summed E-state index contributed by atoms with van der Waals surface area (Å²) in [5.41, 5.74) is 6.20. The van der Waals surface area contributed by atoms with Gasteiger partial charge in [-0.3, -0.25) is 15.0 Å². The fraction of sp³-hybridized carbons (Fsp3) is 0.436. The standard InChI is InChI=1S/C39H40N4O9S/c1-16-9-19-10-20-12-40-29(26(19)31(46)32(16)48-4)30-36-28-27(35-34(50-15-51-35)17(2)33(28)52-18(3)44)25(43(20)30)13-49-38(47)39(14-53-36)37-22(7-8-41-39)23-11-21(45)5-6-24(23)42-37/h5-6,9,11,20,25,29-30,36,40-42,45-46H,7-8,10,12-15H2,1-4H3/t20?,25-,29+,30?,36+,39+/m0/s1. The van der Waals surface area contributed by atoms with E-state index >= 15 is 0 Å². The molecule has 8 aliphatic heterocycles. The Morgan fingerprint density at radius 1 is 1.08 bits per heavy atom. The summed E-state index contributed by atoms with van der Waals surface area (Å²) in [7, 11) is 1.57. The third kappa shape index (κ3) is 4.49. The number of carbonyl (C=O) groups excluding carboxylic acids is 2. The van der Waals surface area contributed by atoms with E-state index in [1.165, 1.54) is 6.92 Å². The predicted octanol–water partition coefficient (Wildman–Crippen LogP) is 4.23. The molecule has 3 unspecified atom stereocenters. The van der Waals surface area contributed by atoms with E-state index in [9.17, 15) is 19.8 Å². The highest BCUT2D eigenvalue weighted by molar-refractivity contribution is 7.99. The van der Waals surface area contributed by atoms with Gasteiger partial charge in [-0.05, 0) is 61.6 Å². The molecule has 0 aliphatic carbocycles. The van der Waals surface area contributed by atoms with Crippen molar-refractivity contribution in [1.82, 2.24) is 20.5 Å². The Bertz CT molecular complexity index is 2270. The summed E-state index contributed by atoms with van der Waals surface area (Å²) in [6.07, 6.45) is 1.30. The predicted molar refractivity (Wildman–Crippen MR) is 194 cm³/mol. The van der Waals surface area contributed by atoms with E-state index in [-0.39, 0.29) is 48.8 Å². The highest BCUT2D eigenvalue weighted by atomic mass is 32.2. The second-order valence-electron chi connectivity index (χ2n) is 14.9. The van der Waals surface area contributed by atoms with Crippen LogP contribution in [0.3, 0.4) is 0 Å². The molecule has 12 rings (SSSR count). The van der Waals surface area contributed by atoms with Gasteiger partial charge in [0.2, 0.25) is 6.79 Å². The number of thioether (sulfide) groups is 1. The molecule has 3 aromatic carbocycles. The molecule has 2 fully saturated rings. The molecular weight excluding hydrogens is 701 g/mol. The number of phenolic OH excluding ortho intramolecular Hbond substituents is 2. The minimum absolute atomic E-state index is 0.00817. The van der Waals surface area contributed by atoms with Crippen molar-refractivity contribution >= 4 is 34.6 Å². The molecule has 2 saturated heterocycles. The number of aromatic hydroxyl groups is 2. The van der Waals surface area contributed by atoms with Gasteiger partial charge >= 0.3 is 11.9 Å². The fourth-order valence-corrected chi connectivity index (χ4v) is 11.8. The number of esters is 2. The molecule has 8 aliphatic rings. The van der Waals surface area contributed by atoms with E-state index in [0.717, 1.165) is 50.0 Å². The number of H-pyrrole nitrogens is 1. The van der Waals surface area contributed by atoms with E-state index in [2.05, 4.69) is 26.6 Å². The molecular formula is C39H40N4O9S. The first-order valence-corrected chi connectivity index (χ1v) is 19.1. The minimum Gasteiger partial charge on any atom is -0.508 e. The number of aryl methyl sites for hydroxylation is 1. The van der Waals surface area contributed by atoms with Gasteiger partial charge in [0, 0.05) is 71.0 Å². The number of phenols is 2. The van der Waals surface area contributed by atoms with Crippen molar-refractivity contribution in [1.29, 1.82) is 0 Å². The maximum Gasteiger partial charge on any atom is 0.333 e. The van der Waals surface area contributed by atoms with Crippen molar-refractivity contribution in [2.24, 2.45) is 0 Å². The SMILES string of the molecule is COc1c(C)cc2c(c1O)[C@H]1NCC(C2)N2C1[C@@H]1SC[C@]3(NCCc4c3[nH]c3ccc(O)cc43)C(=O)OC[C@H]2c2c3c(c(C)c(OC(C)=O)c21)OCO3. The normalized spacial score (nSPS) is 29.2. The van der Waals surface area contributed by atoms with Crippen molar-refractivity contribution in [3.63, 3.8) is 0 Å². The van der Waals surface area contributed by atoms with Crippen LogP contribution in [0.25, 0.3) is 10.9 Å². The summed E-state index contributed by atoms with van der Waals surface area (Å²) in [5.74, 6) is 1.63. The zero-order valence-electron chi connectivity index (χ0n) is 29.8. The van der Waals surface area contributed by atoms with E-state index in [1.54, 1.807) is 31.0 Å². The second-order valence-corrected chi connectivity index (χ2v) is 16.0. The van der Waals surface area contributed by atoms with Crippen molar-refractivity contribution in [2.75, 3.05) is 39.4 Å². The number of aromatic amines is 1. The molecule has 7 atom stereocenters. The van der Waals surface area contributed by atoms with Gasteiger partial charge in [0.15, 0.2) is 28.5 Å². The monoisotopic (exact) mass is 740 g/mol. The van der Waals surface area contributed by atoms with Gasteiger partial charge in [0.05, 0.1) is 30.1 Å². The van der Waals surface area contributed by atoms with Gasteiger partial charge in [-0.25, -0.2) is 4.79 Å². The molecule has 4 bridgehead atoms. The quantitative estimate of drug-likeness (QED) is 0.147. The third-order valence-corrected chi connectivity index (χ3v) is 13.6. The summed E-state index contributed by atoms with van der Waals surface area (Å²) in [6.45, 7) is 6.37. The Labute approximate surface area is 309 Å².